The summed E-state index contributed by atoms with van der Waals surface area (Å²) >= 11 is 0. The van der Waals surface area contributed by atoms with E-state index in [1.54, 1.807) is 18.5 Å². The van der Waals surface area contributed by atoms with Gasteiger partial charge < -0.3 is 20.5 Å². The van der Waals surface area contributed by atoms with Crippen LogP contribution in [0.4, 0.5) is 0 Å². The molecular weight excluding hydrogens is 446 g/mol. The van der Waals surface area contributed by atoms with Gasteiger partial charge >= 0.3 is 0 Å². The highest BCUT2D eigenvalue weighted by atomic mass is 16.5. The Kier molecular flexibility index (Phi) is 6.33. The van der Waals surface area contributed by atoms with Gasteiger partial charge in [-0.3, -0.25) is 9.69 Å². The molecule has 1 saturated heterocycles. The van der Waals surface area contributed by atoms with Crippen molar-refractivity contribution in [3.8, 4) is 17.1 Å². The standard InChI is InChI=1S/C25H29N7O3/c1-25(26,24(33)27-11-12-31-13-15-35-16-14-31)23-28-20-6-4-3-5-19(20)22-29-21(30-32(22)23)17-7-9-18(34-2)10-8-17/h3-10H,11-16,26H2,1-2H3,(H,27,33)/t25-/m0/s1. The summed E-state index contributed by atoms with van der Waals surface area (Å²) in [6.07, 6.45) is 0. The number of rotatable bonds is 7. The fourth-order valence-corrected chi connectivity index (χ4v) is 4.19. The number of aromatic nitrogens is 4. The Balaban J connectivity index is 1.49. The van der Waals surface area contributed by atoms with Crippen molar-refractivity contribution in [1.82, 2.24) is 29.8 Å². The molecule has 0 spiro atoms. The van der Waals surface area contributed by atoms with Gasteiger partial charge in [-0.2, -0.15) is 4.52 Å². The molecule has 2 aromatic carbocycles. The minimum atomic E-state index is -1.43. The molecule has 1 atom stereocenters. The van der Waals surface area contributed by atoms with Crippen LogP contribution in [0.3, 0.4) is 0 Å². The van der Waals surface area contributed by atoms with Gasteiger partial charge in [0, 0.05) is 37.1 Å². The Labute approximate surface area is 203 Å². The largest absolute Gasteiger partial charge is 0.497 e. The summed E-state index contributed by atoms with van der Waals surface area (Å²) in [6.45, 7) is 6.01. The van der Waals surface area contributed by atoms with E-state index in [2.05, 4.69) is 10.2 Å². The number of carbonyl (C=O) groups is 1. The van der Waals surface area contributed by atoms with E-state index < -0.39 is 5.54 Å². The predicted octanol–water partition coefficient (Wildman–Crippen LogP) is 1.58. The zero-order valence-electron chi connectivity index (χ0n) is 19.9. The molecule has 3 N–H and O–H groups in total. The van der Waals surface area contributed by atoms with Crippen LogP contribution in [-0.2, 0) is 15.1 Å². The third-order valence-corrected chi connectivity index (χ3v) is 6.28. The van der Waals surface area contributed by atoms with Crippen molar-refractivity contribution in [2.45, 2.75) is 12.5 Å². The van der Waals surface area contributed by atoms with Crippen molar-refractivity contribution in [3.05, 3.63) is 54.4 Å². The van der Waals surface area contributed by atoms with E-state index in [9.17, 15) is 4.79 Å². The molecule has 4 aromatic rings. The highest BCUT2D eigenvalue weighted by Gasteiger charge is 2.36. The molecule has 3 heterocycles. The first kappa shape index (κ1) is 23.2. The number of carbonyl (C=O) groups excluding carboxylic acids is 1. The van der Waals surface area contributed by atoms with E-state index in [1.165, 1.54) is 0 Å². The van der Waals surface area contributed by atoms with Gasteiger partial charge in [-0.15, -0.1) is 5.10 Å². The van der Waals surface area contributed by atoms with E-state index in [4.69, 9.17) is 30.3 Å². The normalized spacial score (nSPS) is 16.3. The second-order valence-electron chi connectivity index (χ2n) is 8.76. The number of benzene rings is 2. The molecule has 35 heavy (non-hydrogen) atoms. The van der Waals surface area contributed by atoms with Crippen LogP contribution in [0.5, 0.6) is 5.75 Å². The molecule has 1 amide bonds. The Morgan fingerprint density at radius 2 is 1.89 bits per heavy atom. The zero-order chi connectivity index (χ0) is 24.4. The topological polar surface area (TPSA) is 120 Å². The minimum absolute atomic E-state index is 0.322. The number of nitrogens with one attached hydrogen (secondary N) is 1. The second kappa shape index (κ2) is 9.57. The molecule has 2 aromatic heterocycles. The van der Waals surface area contributed by atoms with Crippen LogP contribution in [0.1, 0.15) is 12.7 Å². The molecule has 1 aliphatic rings. The summed E-state index contributed by atoms with van der Waals surface area (Å²) in [5.74, 6) is 1.25. The maximum absolute atomic E-state index is 13.2. The van der Waals surface area contributed by atoms with Gasteiger partial charge in [0.2, 0.25) is 5.91 Å². The summed E-state index contributed by atoms with van der Waals surface area (Å²) in [5.41, 5.74) is 7.30. The molecule has 0 saturated carbocycles. The monoisotopic (exact) mass is 475 g/mol. The molecule has 1 fully saturated rings. The van der Waals surface area contributed by atoms with E-state index in [0.29, 0.717) is 42.6 Å². The third kappa shape index (κ3) is 4.55. The molecule has 10 nitrogen and oxygen atoms in total. The average molecular weight is 476 g/mol. The SMILES string of the molecule is COc1ccc(-c2nc3c4ccccc4nc([C@](C)(N)C(=O)NCCN4CCOCC4)n3n2)cc1. The lowest BCUT2D eigenvalue weighted by atomic mass is 10.0. The van der Waals surface area contributed by atoms with Crippen molar-refractivity contribution in [2.75, 3.05) is 46.5 Å². The van der Waals surface area contributed by atoms with Gasteiger partial charge in [0.15, 0.2) is 22.8 Å². The van der Waals surface area contributed by atoms with Crippen LogP contribution >= 0.6 is 0 Å². The first-order valence-electron chi connectivity index (χ1n) is 11.6. The summed E-state index contributed by atoms with van der Waals surface area (Å²) in [5, 5.41) is 8.51. The van der Waals surface area contributed by atoms with Crippen molar-refractivity contribution in [3.63, 3.8) is 0 Å². The molecule has 5 rings (SSSR count). The van der Waals surface area contributed by atoms with Gasteiger partial charge in [0.05, 0.1) is 25.8 Å². The maximum Gasteiger partial charge on any atom is 0.247 e. The lowest BCUT2D eigenvalue weighted by molar-refractivity contribution is -0.126. The molecule has 10 heteroatoms. The van der Waals surface area contributed by atoms with Gasteiger partial charge in [0.1, 0.15) is 5.75 Å². The molecule has 0 unspecified atom stereocenters. The van der Waals surface area contributed by atoms with Gasteiger partial charge in [-0.25, -0.2) is 9.97 Å². The molecular formula is C25H29N7O3. The summed E-state index contributed by atoms with van der Waals surface area (Å²) in [4.78, 5) is 25.0. The molecule has 0 radical (unpaired) electrons. The minimum Gasteiger partial charge on any atom is -0.497 e. The second-order valence-corrected chi connectivity index (χ2v) is 8.76. The van der Waals surface area contributed by atoms with Crippen molar-refractivity contribution in [2.24, 2.45) is 5.73 Å². The van der Waals surface area contributed by atoms with Gasteiger partial charge in [-0.1, -0.05) is 12.1 Å². The fourth-order valence-electron chi connectivity index (χ4n) is 4.19. The number of ether oxygens (including phenoxy) is 2. The van der Waals surface area contributed by atoms with Crippen LogP contribution in [0.25, 0.3) is 27.9 Å². The van der Waals surface area contributed by atoms with E-state index >= 15 is 0 Å². The molecule has 0 bridgehead atoms. The maximum atomic E-state index is 13.2. The number of fused-ring (bicyclic) bond motifs is 3. The summed E-state index contributed by atoms with van der Waals surface area (Å²) in [6, 6.07) is 15.1. The number of hydrogen-bond acceptors (Lipinski definition) is 8. The van der Waals surface area contributed by atoms with Crippen molar-refractivity contribution in [1.29, 1.82) is 0 Å². The van der Waals surface area contributed by atoms with Crippen LogP contribution in [0, 0.1) is 0 Å². The number of para-hydroxylation sites is 1. The first-order chi connectivity index (χ1) is 17.0. The van der Waals surface area contributed by atoms with Crippen molar-refractivity contribution < 1.29 is 14.3 Å². The Bertz CT molecular complexity index is 1340. The average Bonchev–Trinajstić information content (AvgIpc) is 3.34. The number of hydrogen-bond donors (Lipinski definition) is 2. The van der Waals surface area contributed by atoms with Gasteiger partial charge in [-0.05, 0) is 43.3 Å². The van der Waals surface area contributed by atoms with Crippen LogP contribution in [0.2, 0.25) is 0 Å². The Morgan fingerprint density at radius 3 is 2.63 bits per heavy atom. The number of morpholine rings is 1. The lowest BCUT2D eigenvalue weighted by Gasteiger charge is -2.28. The summed E-state index contributed by atoms with van der Waals surface area (Å²) in [7, 11) is 1.62. The first-order valence-corrected chi connectivity index (χ1v) is 11.6. The highest BCUT2D eigenvalue weighted by Crippen LogP contribution is 2.27. The Morgan fingerprint density at radius 1 is 1.14 bits per heavy atom. The zero-order valence-corrected chi connectivity index (χ0v) is 19.9. The summed E-state index contributed by atoms with van der Waals surface area (Å²) < 4.78 is 12.2. The van der Waals surface area contributed by atoms with Crippen LogP contribution < -0.4 is 15.8 Å². The molecule has 0 aliphatic carbocycles. The molecule has 182 valence electrons. The van der Waals surface area contributed by atoms with E-state index in [1.807, 2.05) is 48.5 Å². The number of nitrogens with zero attached hydrogens (tertiary/aromatic N) is 5. The third-order valence-electron chi connectivity index (χ3n) is 6.28. The Hall–Kier alpha value is -3.60. The smallest absolute Gasteiger partial charge is 0.247 e. The quantitative estimate of drug-likeness (QED) is 0.413. The molecule has 1 aliphatic heterocycles. The number of amides is 1. The lowest BCUT2D eigenvalue weighted by Crippen LogP contribution is -2.52. The van der Waals surface area contributed by atoms with Crippen molar-refractivity contribution >= 4 is 22.5 Å². The predicted molar refractivity (Wildman–Crippen MR) is 132 cm³/mol. The van der Waals surface area contributed by atoms with Gasteiger partial charge in [0.25, 0.3) is 0 Å². The van der Waals surface area contributed by atoms with Crippen LogP contribution in [0.15, 0.2) is 48.5 Å². The number of methoxy groups -OCH3 is 1. The highest BCUT2D eigenvalue weighted by molar-refractivity contribution is 5.93. The van der Waals surface area contributed by atoms with Crippen LogP contribution in [-0.4, -0.2) is 76.9 Å². The number of nitrogens with two attached hydrogens (primary N) is 1. The fraction of sp³-hybridized carbons (Fsp3) is 0.360. The van der Waals surface area contributed by atoms with E-state index in [-0.39, 0.29) is 5.91 Å². The van der Waals surface area contributed by atoms with E-state index in [0.717, 1.165) is 36.3 Å².